The Kier molecular flexibility index (Phi) is 5.98. The molecule has 1 aromatic carbocycles. The number of carbonyl (C=O) groups excluding carboxylic acids is 1. The number of rotatable bonds is 5. The van der Waals surface area contributed by atoms with Gasteiger partial charge < -0.3 is 5.32 Å². The Hall–Kier alpha value is -0.940. The topological polar surface area (TPSA) is 41.5 Å². The molecule has 2 rings (SSSR count). The molecule has 0 spiro atoms. The number of amides is 1. The Bertz CT molecular complexity index is 502. The number of thioether (sulfide) groups is 2. The minimum atomic E-state index is 0.0246. The van der Waals surface area contributed by atoms with Crippen molar-refractivity contribution in [3.8, 4) is 0 Å². The first kappa shape index (κ1) is 15.4. The molecule has 1 N–H and O–H groups in total. The van der Waals surface area contributed by atoms with Crippen molar-refractivity contribution in [3.05, 3.63) is 35.4 Å². The normalized spacial score (nSPS) is 15.8. The lowest BCUT2D eigenvalue weighted by Crippen LogP contribution is -2.32. The van der Waals surface area contributed by atoms with Gasteiger partial charge in [-0.2, -0.15) is 0 Å². The average Bonchev–Trinajstić information content (AvgIpc) is 2.98. The van der Waals surface area contributed by atoms with E-state index >= 15 is 0 Å². The molecule has 1 amide bonds. The van der Waals surface area contributed by atoms with Crippen molar-refractivity contribution >= 4 is 33.8 Å². The molecule has 0 fully saturated rings. The molecule has 0 bridgehead atoms. The highest BCUT2D eigenvalue weighted by atomic mass is 32.2. The molecule has 1 aliphatic rings. The Balaban J connectivity index is 2.03. The summed E-state index contributed by atoms with van der Waals surface area (Å²) in [7, 11) is 0. The highest BCUT2D eigenvalue weighted by Crippen LogP contribution is 2.26. The SMILES string of the molecule is CCC(C)NC(=O)c1ccccc1CSC1=NCCS1. The monoisotopic (exact) mass is 308 g/mol. The molecule has 0 aromatic heterocycles. The smallest absolute Gasteiger partial charge is 0.251 e. The van der Waals surface area contributed by atoms with E-state index in [9.17, 15) is 4.79 Å². The summed E-state index contributed by atoms with van der Waals surface area (Å²) in [5.41, 5.74) is 1.86. The molecule has 1 aliphatic heterocycles. The van der Waals surface area contributed by atoms with Crippen LogP contribution in [0.2, 0.25) is 0 Å². The Labute approximate surface area is 129 Å². The third-order valence-corrected chi connectivity index (χ3v) is 5.46. The van der Waals surface area contributed by atoms with Gasteiger partial charge in [0.15, 0.2) is 0 Å². The third kappa shape index (κ3) is 4.28. The van der Waals surface area contributed by atoms with Gasteiger partial charge in [0.05, 0.1) is 6.54 Å². The maximum atomic E-state index is 12.3. The van der Waals surface area contributed by atoms with E-state index < -0.39 is 0 Å². The van der Waals surface area contributed by atoms with Gasteiger partial charge in [-0.15, -0.1) is 0 Å². The van der Waals surface area contributed by atoms with Crippen molar-refractivity contribution in [1.82, 2.24) is 5.32 Å². The second kappa shape index (κ2) is 7.74. The van der Waals surface area contributed by atoms with E-state index in [4.69, 9.17) is 0 Å². The molecule has 1 heterocycles. The summed E-state index contributed by atoms with van der Waals surface area (Å²) >= 11 is 3.53. The third-order valence-electron chi connectivity index (χ3n) is 3.16. The van der Waals surface area contributed by atoms with Crippen LogP contribution in [0.3, 0.4) is 0 Å². The number of benzene rings is 1. The fourth-order valence-corrected chi connectivity index (χ4v) is 3.83. The van der Waals surface area contributed by atoms with Gasteiger partial charge >= 0.3 is 0 Å². The van der Waals surface area contributed by atoms with Crippen molar-refractivity contribution in [3.63, 3.8) is 0 Å². The van der Waals surface area contributed by atoms with Gasteiger partial charge in [-0.25, -0.2) is 0 Å². The van der Waals surface area contributed by atoms with Crippen molar-refractivity contribution < 1.29 is 4.79 Å². The number of carbonyl (C=O) groups is 1. The van der Waals surface area contributed by atoms with Crippen LogP contribution in [0.5, 0.6) is 0 Å². The summed E-state index contributed by atoms with van der Waals surface area (Å²) in [5.74, 6) is 1.91. The Morgan fingerprint density at radius 2 is 2.30 bits per heavy atom. The number of nitrogens with zero attached hydrogens (tertiary/aromatic N) is 1. The van der Waals surface area contributed by atoms with Crippen LogP contribution in [0.15, 0.2) is 29.3 Å². The number of hydrogen-bond donors (Lipinski definition) is 1. The predicted octanol–water partition coefficient (Wildman–Crippen LogP) is 3.55. The van der Waals surface area contributed by atoms with E-state index in [0.717, 1.165) is 40.0 Å². The van der Waals surface area contributed by atoms with E-state index in [0.29, 0.717) is 0 Å². The Morgan fingerprint density at radius 3 is 3.00 bits per heavy atom. The quantitative estimate of drug-likeness (QED) is 0.904. The number of aliphatic imine (C=N–C) groups is 1. The first-order valence-electron chi connectivity index (χ1n) is 6.89. The number of hydrogen-bond acceptors (Lipinski definition) is 4. The average molecular weight is 308 g/mol. The first-order chi connectivity index (χ1) is 9.70. The molecule has 108 valence electrons. The van der Waals surface area contributed by atoms with Gasteiger partial charge in [-0.05, 0) is 25.0 Å². The van der Waals surface area contributed by atoms with Crippen LogP contribution >= 0.6 is 23.5 Å². The highest BCUT2D eigenvalue weighted by molar-refractivity contribution is 8.38. The molecule has 5 heteroatoms. The van der Waals surface area contributed by atoms with Gasteiger partial charge in [0.2, 0.25) is 0 Å². The van der Waals surface area contributed by atoms with Crippen molar-refractivity contribution in [1.29, 1.82) is 0 Å². The largest absolute Gasteiger partial charge is 0.350 e. The second-order valence-electron chi connectivity index (χ2n) is 4.72. The van der Waals surface area contributed by atoms with Gasteiger partial charge in [-0.1, -0.05) is 48.6 Å². The molecule has 1 unspecified atom stereocenters. The van der Waals surface area contributed by atoms with E-state index in [2.05, 4.69) is 17.2 Å². The molecule has 0 radical (unpaired) electrons. The molecule has 20 heavy (non-hydrogen) atoms. The molecular weight excluding hydrogens is 288 g/mol. The minimum absolute atomic E-state index is 0.0246. The fraction of sp³-hybridized carbons (Fsp3) is 0.467. The summed E-state index contributed by atoms with van der Waals surface area (Å²) in [6.45, 7) is 5.02. The molecule has 1 aromatic rings. The highest BCUT2D eigenvalue weighted by Gasteiger charge is 2.14. The fourth-order valence-electron chi connectivity index (χ4n) is 1.81. The van der Waals surface area contributed by atoms with Crippen LogP contribution in [0.25, 0.3) is 0 Å². The zero-order chi connectivity index (χ0) is 14.4. The minimum Gasteiger partial charge on any atom is -0.350 e. The van der Waals surface area contributed by atoms with Gasteiger partial charge in [-0.3, -0.25) is 9.79 Å². The van der Waals surface area contributed by atoms with Crippen LogP contribution in [0.4, 0.5) is 0 Å². The van der Waals surface area contributed by atoms with Gasteiger partial charge in [0.25, 0.3) is 5.91 Å². The standard InChI is InChI=1S/C15H20N2OS2/c1-3-11(2)17-14(18)13-7-5-4-6-12(13)10-20-15-16-8-9-19-15/h4-7,11H,3,8-10H2,1-2H3,(H,17,18). The van der Waals surface area contributed by atoms with Crippen molar-refractivity contribution in [2.45, 2.75) is 32.1 Å². The van der Waals surface area contributed by atoms with E-state index in [-0.39, 0.29) is 11.9 Å². The molecule has 1 atom stereocenters. The zero-order valence-electron chi connectivity index (χ0n) is 11.9. The lowest BCUT2D eigenvalue weighted by molar-refractivity contribution is 0.0938. The first-order valence-corrected chi connectivity index (χ1v) is 8.86. The Morgan fingerprint density at radius 1 is 1.50 bits per heavy atom. The summed E-state index contributed by atoms with van der Waals surface area (Å²) in [6, 6.07) is 8.04. The molecule has 0 saturated carbocycles. The van der Waals surface area contributed by atoms with Crippen molar-refractivity contribution in [2.24, 2.45) is 4.99 Å². The second-order valence-corrected chi connectivity index (χ2v) is 7.03. The van der Waals surface area contributed by atoms with E-state index in [1.165, 1.54) is 0 Å². The van der Waals surface area contributed by atoms with Crippen LogP contribution in [0.1, 0.15) is 36.2 Å². The molecule has 0 saturated heterocycles. The lowest BCUT2D eigenvalue weighted by Gasteiger charge is -2.14. The van der Waals surface area contributed by atoms with Gasteiger partial charge in [0, 0.05) is 23.1 Å². The summed E-state index contributed by atoms with van der Waals surface area (Å²) in [6.07, 6.45) is 0.941. The van der Waals surface area contributed by atoms with E-state index in [1.54, 1.807) is 23.5 Å². The maximum Gasteiger partial charge on any atom is 0.251 e. The van der Waals surface area contributed by atoms with Crippen molar-refractivity contribution in [2.75, 3.05) is 12.3 Å². The molecule has 3 nitrogen and oxygen atoms in total. The zero-order valence-corrected chi connectivity index (χ0v) is 13.5. The maximum absolute atomic E-state index is 12.3. The summed E-state index contributed by atoms with van der Waals surface area (Å²) in [4.78, 5) is 16.7. The van der Waals surface area contributed by atoms with Crippen LogP contribution in [0, 0.1) is 0 Å². The molecular formula is C15H20N2OS2. The summed E-state index contributed by atoms with van der Waals surface area (Å²) in [5, 5.41) is 3.03. The lowest BCUT2D eigenvalue weighted by atomic mass is 10.1. The number of nitrogens with one attached hydrogen (secondary N) is 1. The van der Waals surface area contributed by atoms with E-state index in [1.807, 2.05) is 31.2 Å². The van der Waals surface area contributed by atoms with Crippen LogP contribution in [-0.4, -0.2) is 28.6 Å². The summed E-state index contributed by atoms with van der Waals surface area (Å²) < 4.78 is 1.14. The van der Waals surface area contributed by atoms with Gasteiger partial charge in [0.1, 0.15) is 4.38 Å². The van der Waals surface area contributed by atoms with Crippen LogP contribution in [-0.2, 0) is 5.75 Å². The predicted molar refractivity (Wildman–Crippen MR) is 89.7 cm³/mol. The molecule has 0 aliphatic carbocycles. The van der Waals surface area contributed by atoms with Crippen LogP contribution < -0.4 is 5.32 Å².